The Balaban J connectivity index is 1.56. The van der Waals surface area contributed by atoms with Crippen LogP contribution in [0.4, 0.5) is 10.1 Å². The van der Waals surface area contributed by atoms with E-state index in [1.54, 1.807) is 23.2 Å². The summed E-state index contributed by atoms with van der Waals surface area (Å²) in [5, 5.41) is 2.56. The van der Waals surface area contributed by atoms with Gasteiger partial charge in [-0.15, -0.1) is 0 Å². The smallest absolute Gasteiger partial charge is 0.255 e. The van der Waals surface area contributed by atoms with E-state index in [2.05, 4.69) is 10.3 Å². The summed E-state index contributed by atoms with van der Waals surface area (Å²) in [4.78, 5) is 30.9. The molecule has 3 rings (SSSR count). The largest absolute Gasteiger partial charge is 0.365 e. The van der Waals surface area contributed by atoms with E-state index in [9.17, 15) is 14.0 Å². The third-order valence-electron chi connectivity index (χ3n) is 4.78. The van der Waals surface area contributed by atoms with E-state index in [1.807, 2.05) is 24.6 Å². The maximum atomic E-state index is 13.9. The average molecular weight is 388 g/mol. The molecule has 0 aliphatic carbocycles. The lowest BCUT2D eigenvalue weighted by atomic mass is 10.2. The highest BCUT2D eigenvalue weighted by molar-refractivity contribution is 5.95. The minimum atomic E-state index is -0.822. The molecule has 1 fully saturated rings. The van der Waals surface area contributed by atoms with Crippen molar-refractivity contribution in [2.75, 3.05) is 25.0 Å². The zero-order chi connectivity index (χ0) is 20.1. The van der Waals surface area contributed by atoms with Crippen molar-refractivity contribution in [3.8, 4) is 0 Å². The van der Waals surface area contributed by atoms with Crippen molar-refractivity contribution in [2.45, 2.75) is 39.3 Å². The summed E-state index contributed by atoms with van der Waals surface area (Å²) >= 11 is 0. The minimum absolute atomic E-state index is 0.0430. The summed E-state index contributed by atoms with van der Waals surface area (Å²) in [6.45, 7) is 5.24. The van der Waals surface area contributed by atoms with Crippen molar-refractivity contribution in [3.63, 3.8) is 0 Å². The normalized spacial score (nSPS) is 16.8. The molecule has 28 heavy (non-hydrogen) atoms. The van der Waals surface area contributed by atoms with Crippen LogP contribution in [0.1, 0.15) is 24.7 Å². The number of morpholine rings is 1. The lowest BCUT2D eigenvalue weighted by Gasteiger charge is -2.32. The molecular weight excluding hydrogens is 363 g/mol. The number of hydrogen-bond donors (Lipinski definition) is 1. The summed E-state index contributed by atoms with van der Waals surface area (Å²) in [6.07, 6.45) is 3.89. The van der Waals surface area contributed by atoms with Crippen LogP contribution in [0.25, 0.3) is 0 Å². The lowest BCUT2D eigenvalue weighted by Crippen LogP contribution is -2.50. The fraction of sp³-hybridized carbons (Fsp3) is 0.450. The van der Waals surface area contributed by atoms with Gasteiger partial charge < -0.3 is 19.5 Å². The quantitative estimate of drug-likeness (QED) is 0.823. The van der Waals surface area contributed by atoms with Gasteiger partial charge in [-0.05, 0) is 24.6 Å². The number of benzene rings is 1. The van der Waals surface area contributed by atoms with Crippen molar-refractivity contribution in [2.24, 2.45) is 0 Å². The third-order valence-corrected chi connectivity index (χ3v) is 4.78. The van der Waals surface area contributed by atoms with Crippen LogP contribution in [0.15, 0.2) is 30.6 Å². The van der Waals surface area contributed by atoms with Gasteiger partial charge in [-0.2, -0.15) is 0 Å². The maximum Gasteiger partial charge on any atom is 0.255 e. The molecule has 2 aromatic rings. The second-order valence-electron chi connectivity index (χ2n) is 6.81. The molecule has 1 aliphatic rings. The SMILES string of the molecule is CCc1nccn1CCC(=O)N1CCO[C@@H](C(=O)Nc2cc(C)ccc2F)C1. The Bertz CT molecular complexity index is 852. The maximum absolute atomic E-state index is 13.9. The Morgan fingerprint density at radius 3 is 3.00 bits per heavy atom. The first-order valence-electron chi connectivity index (χ1n) is 9.44. The van der Waals surface area contributed by atoms with Crippen molar-refractivity contribution >= 4 is 17.5 Å². The van der Waals surface area contributed by atoms with Crippen LogP contribution < -0.4 is 5.32 Å². The van der Waals surface area contributed by atoms with Crippen LogP contribution in [0.5, 0.6) is 0 Å². The van der Waals surface area contributed by atoms with Gasteiger partial charge in [0.25, 0.3) is 5.91 Å². The number of halogens is 1. The minimum Gasteiger partial charge on any atom is -0.365 e. The number of aryl methyl sites for hydroxylation is 3. The molecule has 1 atom stereocenters. The van der Waals surface area contributed by atoms with Crippen LogP contribution >= 0.6 is 0 Å². The molecule has 0 radical (unpaired) electrons. The van der Waals surface area contributed by atoms with Gasteiger partial charge in [-0.1, -0.05) is 13.0 Å². The molecule has 1 aromatic carbocycles. The molecule has 2 amide bonds. The number of anilines is 1. The molecule has 0 spiro atoms. The third kappa shape index (κ3) is 4.75. The first-order chi connectivity index (χ1) is 13.5. The van der Waals surface area contributed by atoms with E-state index in [0.29, 0.717) is 19.5 Å². The van der Waals surface area contributed by atoms with Crippen molar-refractivity contribution in [1.82, 2.24) is 14.5 Å². The molecule has 1 aliphatic heterocycles. The molecule has 150 valence electrons. The Morgan fingerprint density at radius 2 is 2.21 bits per heavy atom. The molecule has 0 saturated carbocycles. The standard InChI is InChI=1S/C20H25FN4O3/c1-3-18-22-7-9-24(18)8-6-19(26)25-10-11-28-17(13-25)20(27)23-16-12-14(2)4-5-15(16)21/h4-5,7,9,12,17H,3,6,8,10-11,13H2,1-2H3,(H,23,27)/t17-/m1/s1. The lowest BCUT2D eigenvalue weighted by molar-refractivity contribution is -0.144. The molecular formula is C20H25FN4O3. The Kier molecular flexibility index (Phi) is 6.41. The number of hydrogen-bond acceptors (Lipinski definition) is 4. The second kappa shape index (κ2) is 8.97. The van der Waals surface area contributed by atoms with E-state index in [0.717, 1.165) is 17.8 Å². The van der Waals surface area contributed by atoms with Crippen LogP contribution in [-0.2, 0) is 27.3 Å². The van der Waals surface area contributed by atoms with Gasteiger partial charge in [0, 0.05) is 38.3 Å². The van der Waals surface area contributed by atoms with Gasteiger partial charge in [0.15, 0.2) is 6.10 Å². The summed E-state index contributed by atoms with van der Waals surface area (Å²) in [7, 11) is 0. The fourth-order valence-electron chi connectivity index (χ4n) is 3.21. The van der Waals surface area contributed by atoms with E-state index >= 15 is 0 Å². The number of nitrogens with one attached hydrogen (secondary N) is 1. The number of amides is 2. The Morgan fingerprint density at radius 1 is 1.39 bits per heavy atom. The Hall–Kier alpha value is -2.74. The van der Waals surface area contributed by atoms with Crippen molar-refractivity contribution in [3.05, 3.63) is 47.8 Å². The summed E-state index contributed by atoms with van der Waals surface area (Å²) in [5.74, 6) is -0.0644. The number of carbonyl (C=O) groups excluding carboxylic acids is 2. The summed E-state index contributed by atoms with van der Waals surface area (Å²) in [5.41, 5.74) is 0.952. The molecule has 7 nitrogen and oxygen atoms in total. The predicted octanol–water partition coefficient (Wildman–Crippen LogP) is 2.15. The number of ether oxygens (including phenoxy) is 1. The van der Waals surface area contributed by atoms with E-state index in [4.69, 9.17) is 4.74 Å². The molecule has 2 heterocycles. The zero-order valence-corrected chi connectivity index (χ0v) is 16.2. The van der Waals surface area contributed by atoms with E-state index < -0.39 is 17.8 Å². The summed E-state index contributed by atoms with van der Waals surface area (Å²) < 4.78 is 21.3. The summed E-state index contributed by atoms with van der Waals surface area (Å²) in [6, 6.07) is 4.51. The topological polar surface area (TPSA) is 76.5 Å². The van der Waals surface area contributed by atoms with Crippen molar-refractivity contribution < 1.29 is 18.7 Å². The first kappa shape index (κ1) is 20.0. The van der Waals surface area contributed by atoms with Crippen molar-refractivity contribution in [1.29, 1.82) is 0 Å². The fourth-order valence-corrected chi connectivity index (χ4v) is 3.21. The molecule has 1 aromatic heterocycles. The highest BCUT2D eigenvalue weighted by Crippen LogP contribution is 2.17. The number of aromatic nitrogens is 2. The second-order valence-corrected chi connectivity index (χ2v) is 6.81. The van der Waals surface area contributed by atoms with Gasteiger partial charge in [0.05, 0.1) is 18.8 Å². The van der Waals surface area contributed by atoms with E-state index in [-0.39, 0.29) is 24.7 Å². The van der Waals surface area contributed by atoms with Gasteiger partial charge >= 0.3 is 0 Å². The van der Waals surface area contributed by atoms with Gasteiger partial charge in [-0.25, -0.2) is 9.37 Å². The number of imidazole rings is 1. The van der Waals surface area contributed by atoms with Crippen LogP contribution in [-0.4, -0.2) is 52.1 Å². The van der Waals surface area contributed by atoms with Gasteiger partial charge in [0.1, 0.15) is 11.6 Å². The van der Waals surface area contributed by atoms with Gasteiger partial charge in [0.2, 0.25) is 5.91 Å². The molecule has 0 unspecified atom stereocenters. The van der Waals surface area contributed by atoms with Crippen LogP contribution in [0.3, 0.4) is 0 Å². The van der Waals surface area contributed by atoms with Crippen LogP contribution in [0.2, 0.25) is 0 Å². The van der Waals surface area contributed by atoms with E-state index in [1.165, 1.54) is 6.07 Å². The van der Waals surface area contributed by atoms with Crippen LogP contribution in [0, 0.1) is 12.7 Å². The molecule has 1 N–H and O–H groups in total. The monoisotopic (exact) mass is 388 g/mol. The highest BCUT2D eigenvalue weighted by Gasteiger charge is 2.29. The molecule has 8 heteroatoms. The Labute approximate surface area is 163 Å². The first-order valence-corrected chi connectivity index (χ1v) is 9.44. The molecule has 1 saturated heterocycles. The number of nitrogens with zero attached hydrogens (tertiary/aromatic N) is 3. The number of rotatable bonds is 6. The average Bonchev–Trinajstić information content (AvgIpc) is 3.16. The predicted molar refractivity (Wildman–Crippen MR) is 102 cm³/mol. The van der Waals surface area contributed by atoms with Gasteiger partial charge in [-0.3, -0.25) is 9.59 Å². The zero-order valence-electron chi connectivity index (χ0n) is 16.2. The molecule has 0 bridgehead atoms. The number of carbonyl (C=O) groups is 2. The highest BCUT2D eigenvalue weighted by atomic mass is 19.1.